The van der Waals surface area contributed by atoms with E-state index in [1.54, 1.807) is 18.3 Å². The Kier molecular flexibility index (Phi) is 2.91. The van der Waals surface area contributed by atoms with E-state index in [4.69, 9.17) is 14.4 Å². The molecule has 0 atom stereocenters. The van der Waals surface area contributed by atoms with Crippen LogP contribution < -0.4 is 0 Å². The van der Waals surface area contributed by atoms with Crippen LogP contribution in [0, 0.1) is 11.5 Å². The van der Waals surface area contributed by atoms with E-state index in [0.29, 0.717) is 12.4 Å². The van der Waals surface area contributed by atoms with Gasteiger partial charge in [-0.2, -0.15) is 5.26 Å². The Morgan fingerprint density at radius 1 is 1.83 bits per heavy atom. The summed E-state index contributed by atoms with van der Waals surface area (Å²) in [6.07, 6.45) is 3.15. The molecule has 0 aromatic carbocycles. The Bertz CT molecular complexity index is 295. The molecule has 0 aliphatic rings. The maximum atomic E-state index is 8.30. The van der Waals surface area contributed by atoms with Gasteiger partial charge in [-0.05, 0) is 19.1 Å². The van der Waals surface area contributed by atoms with Gasteiger partial charge in [0.2, 0.25) is 6.19 Å². The molecule has 4 heteroatoms. The van der Waals surface area contributed by atoms with Gasteiger partial charge in [-0.15, -0.1) is 4.99 Å². The first-order chi connectivity index (χ1) is 5.88. The van der Waals surface area contributed by atoms with Crippen molar-refractivity contribution in [2.75, 3.05) is 6.61 Å². The molecule has 1 rings (SSSR count). The lowest BCUT2D eigenvalue weighted by molar-refractivity contribution is 0.319. The highest BCUT2D eigenvalue weighted by Gasteiger charge is 2.06. The molecule has 4 nitrogen and oxygen atoms in total. The first-order valence-corrected chi connectivity index (χ1v) is 3.52. The van der Waals surface area contributed by atoms with E-state index in [0.717, 1.165) is 0 Å². The molecule has 0 aliphatic carbocycles. The molecule has 62 valence electrons. The van der Waals surface area contributed by atoms with Gasteiger partial charge < -0.3 is 9.15 Å². The third-order valence-electron chi connectivity index (χ3n) is 1.16. The fourth-order valence-corrected chi connectivity index (χ4v) is 0.741. The van der Waals surface area contributed by atoms with Crippen LogP contribution in [0.1, 0.15) is 12.7 Å². The number of furan rings is 1. The van der Waals surface area contributed by atoms with Gasteiger partial charge in [0.1, 0.15) is 0 Å². The zero-order valence-electron chi connectivity index (χ0n) is 6.65. The third kappa shape index (κ3) is 1.86. The molecule has 1 aromatic rings. The smallest absolute Gasteiger partial charge is 0.268 e. The summed E-state index contributed by atoms with van der Waals surface area (Å²) in [7, 11) is 0. The number of hydrogen-bond donors (Lipinski definition) is 0. The van der Waals surface area contributed by atoms with Gasteiger partial charge in [-0.1, -0.05) is 0 Å². The number of nitriles is 1. The van der Waals surface area contributed by atoms with Crippen molar-refractivity contribution in [1.82, 2.24) is 0 Å². The SMILES string of the molecule is CCOC(=NC#N)c1ccco1. The molecule has 0 saturated heterocycles. The normalized spacial score (nSPS) is 10.8. The van der Waals surface area contributed by atoms with Crippen LogP contribution in [-0.4, -0.2) is 12.5 Å². The summed E-state index contributed by atoms with van der Waals surface area (Å²) in [5.41, 5.74) is 0. The number of hydrogen-bond acceptors (Lipinski definition) is 4. The van der Waals surface area contributed by atoms with E-state index in [9.17, 15) is 0 Å². The third-order valence-corrected chi connectivity index (χ3v) is 1.16. The summed E-state index contributed by atoms with van der Waals surface area (Å²) < 4.78 is 10.1. The molecular formula is C8H8N2O2. The molecule has 0 fully saturated rings. The Labute approximate surface area is 70.1 Å². The molecule has 0 saturated carbocycles. The van der Waals surface area contributed by atoms with Gasteiger partial charge in [0, 0.05) is 0 Å². The molecular weight excluding hydrogens is 156 g/mol. The highest BCUT2D eigenvalue weighted by Crippen LogP contribution is 2.03. The van der Waals surface area contributed by atoms with Crippen molar-refractivity contribution < 1.29 is 9.15 Å². The van der Waals surface area contributed by atoms with E-state index >= 15 is 0 Å². The molecule has 0 amide bonds. The number of ether oxygens (including phenoxy) is 1. The lowest BCUT2D eigenvalue weighted by Gasteiger charge is -2.00. The molecule has 1 heterocycles. The van der Waals surface area contributed by atoms with Crippen molar-refractivity contribution in [1.29, 1.82) is 5.26 Å². The van der Waals surface area contributed by atoms with Crippen LogP contribution in [-0.2, 0) is 4.74 Å². The Balaban J connectivity index is 2.82. The van der Waals surface area contributed by atoms with Gasteiger partial charge in [0.25, 0.3) is 5.90 Å². The Morgan fingerprint density at radius 3 is 3.17 bits per heavy atom. The zero-order chi connectivity index (χ0) is 8.81. The van der Waals surface area contributed by atoms with Crippen LogP contribution in [0.3, 0.4) is 0 Å². The van der Waals surface area contributed by atoms with Crippen molar-refractivity contribution in [2.24, 2.45) is 4.99 Å². The summed E-state index contributed by atoms with van der Waals surface area (Å²) in [4.78, 5) is 3.46. The van der Waals surface area contributed by atoms with E-state index < -0.39 is 0 Å². The quantitative estimate of drug-likeness (QED) is 0.378. The molecule has 0 aliphatic heterocycles. The van der Waals surface area contributed by atoms with Gasteiger partial charge in [-0.25, -0.2) is 0 Å². The molecule has 0 spiro atoms. The summed E-state index contributed by atoms with van der Waals surface area (Å²) in [6.45, 7) is 2.27. The fourth-order valence-electron chi connectivity index (χ4n) is 0.741. The van der Waals surface area contributed by atoms with Crippen molar-refractivity contribution >= 4 is 5.90 Å². The van der Waals surface area contributed by atoms with Crippen LogP contribution in [0.5, 0.6) is 0 Å². The van der Waals surface area contributed by atoms with Crippen molar-refractivity contribution in [3.63, 3.8) is 0 Å². The topological polar surface area (TPSA) is 58.5 Å². The number of rotatable bonds is 2. The van der Waals surface area contributed by atoms with Gasteiger partial charge in [-0.3, -0.25) is 0 Å². The van der Waals surface area contributed by atoms with Crippen LogP contribution in [0.2, 0.25) is 0 Å². The molecule has 12 heavy (non-hydrogen) atoms. The maximum Gasteiger partial charge on any atom is 0.268 e. The second-order valence-corrected chi connectivity index (χ2v) is 1.93. The molecule has 1 aromatic heterocycles. The monoisotopic (exact) mass is 164 g/mol. The summed E-state index contributed by atoms with van der Waals surface area (Å²) in [5, 5.41) is 8.30. The Hall–Kier alpha value is -1.76. The van der Waals surface area contributed by atoms with Crippen LogP contribution >= 0.6 is 0 Å². The first kappa shape index (κ1) is 8.34. The van der Waals surface area contributed by atoms with E-state index in [-0.39, 0.29) is 5.90 Å². The average molecular weight is 164 g/mol. The van der Waals surface area contributed by atoms with E-state index in [1.165, 1.54) is 6.26 Å². The molecule has 0 N–H and O–H groups in total. The second kappa shape index (κ2) is 4.19. The van der Waals surface area contributed by atoms with Crippen LogP contribution in [0.4, 0.5) is 0 Å². The van der Waals surface area contributed by atoms with E-state index in [1.807, 2.05) is 6.92 Å². The first-order valence-electron chi connectivity index (χ1n) is 3.52. The van der Waals surface area contributed by atoms with Gasteiger partial charge in [0.15, 0.2) is 5.76 Å². The van der Waals surface area contributed by atoms with Crippen LogP contribution in [0.25, 0.3) is 0 Å². The minimum atomic E-state index is 0.227. The molecule has 0 unspecified atom stereocenters. The number of nitrogens with zero attached hydrogens (tertiary/aromatic N) is 2. The van der Waals surface area contributed by atoms with Crippen molar-refractivity contribution in [3.05, 3.63) is 24.2 Å². The van der Waals surface area contributed by atoms with Gasteiger partial charge >= 0.3 is 0 Å². The zero-order valence-corrected chi connectivity index (χ0v) is 6.65. The lowest BCUT2D eigenvalue weighted by atomic mass is 10.4. The minimum Gasteiger partial charge on any atom is -0.475 e. The summed E-state index contributed by atoms with van der Waals surface area (Å²) >= 11 is 0. The largest absolute Gasteiger partial charge is 0.475 e. The fraction of sp³-hybridized carbons (Fsp3) is 0.250. The Morgan fingerprint density at radius 2 is 2.67 bits per heavy atom. The maximum absolute atomic E-state index is 8.30. The molecule has 0 bridgehead atoms. The highest BCUT2D eigenvalue weighted by atomic mass is 16.5. The van der Waals surface area contributed by atoms with Crippen molar-refractivity contribution in [3.8, 4) is 6.19 Å². The minimum absolute atomic E-state index is 0.227. The summed E-state index contributed by atoms with van der Waals surface area (Å²) in [6, 6.07) is 3.40. The van der Waals surface area contributed by atoms with E-state index in [2.05, 4.69) is 4.99 Å². The average Bonchev–Trinajstić information content (AvgIpc) is 2.56. The van der Waals surface area contributed by atoms with Gasteiger partial charge in [0.05, 0.1) is 12.9 Å². The van der Waals surface area contributed by atoms with Crippen LogP contribution in [0.15, 0.2) is 27.8 Å². The number of aliphatic imine (C=N–C) groups is 1. The second-order valence-electron chi connectivity index (χ2n) is 1.93. The molecule has 0 radical (unpaired) electrons. The predicted molar refractivity (Wildman–Crippen MR) is 42.5 cm³/mol. The predicted octanol–water partition coefficient (Wildman–Crippen LogP) is 1.54. The standard InChI is InChI=1S/C8H8N2O2/c1-2-11-8(10-6-9)7-4-3-5-12-7/h3-5H,2H2,1H3. The highest BCUT2D eigenvalue weighted by molar-refractivity contribution is 5.91. The van der Waals surface area contributed by atoms with Crippen molar-refractivity contribution in [2.45, 2.75) is 6.92 Å². The lowest BCUT2D eigenvalue weighted by Crippen LogP contribution is -2.04. The summed E-state index contributed by atoms with van der Waals surface area (Å²) in [5.74, 6) is 0.698.